The van der Waals surface area contributed by atoms with Gasteiger partial charge in [-0.15, -0.1) is 24.0 Å². The van der Waals surface area contributed by atoms with E-state index in [-0.39, 0.29) is 29.9 Å². The Balaban J connectivity index is 0.00000512. The van der Waals surface area contributed by atoms with Gasteiger partial charge in [-0.05, 0) is 48.7 Å². The zero-order chi connectivity index (χ0) is 22.5. The fourth-order valence-electron chi connectivity index (χ4n) is 2.93. The highest BCUT2D eigenvalue weighted by Crippen LogP contribution is 2.14. The maximum absolute atomic E-state index is 12.1. The minimum atomic E-state index is 0. The van der Waals surface area contributed by atoms with Crippen LogP contribution in [-0.2, 0) is 17.7 Å². The van der Waals surface area contributed by atoms with Crippen molar-refractivity contribution in [1.82, 2.24) is 15.5 Å². The maximum atomic E-state index is 12.1. The van der Waals surface area contributed by atoms with Crippen LogP contribution in [0.1, 0.15) is 28.4 Å². The zero-order valence-corrected chi connectivity index (χ0v) is 21.7. The molecule has 0 fully saturated rings. The summed E-state index contributed by atoms with van der Waals surface area (Å²) in [6.07, 6.45) is 0.793. The molecule has 176 valence electrons. The van der Waals surface area contributed by atoms with Gasteiger partial charge in [0.25, 0.3) is 5.91 Å². The third-order valence-electron chi connectivity index (χ3n) is 4.50. The molecule has 7 nitrogen and oxygen atoms in total. The standard InChI is InChI=1S/C24H34N4O3.HI/c1-5-25-24(27-18-20-9-7-11-22(17-20)31-15-14-30-4)26-13-12-19-8-6-10-21(16-19)23(29)28(2)3;/h6-11,16-17H,5,12-15,18H2,1-4H3,(H2,25,26,27);1H. The van der Waals surface area contributed by atoms with E-state index in [0.29, 0.717) is 31.9 Å². The molecule has 0 saturated carbocycles. The van der Waals surface area contributed by atoms with Gasteiger partial charge in [0.1, 0.15) is 12.4 Å². The molecule has 0 heterocycles. The number of aliphatic imine (C=N–C) groups is 1. The summed E-state index contributed by atoms with van der Waals surface area (Å²) in [6.45, 7) is 5.16. The van der Waals surface area contributed by atoms with Gasteiger partial charge in [-0.2, -0.15) is 0 Å². The van der Waals surface area contributed by atoms with E-state index < -0.39 is 0 Å². The van der Waals surface area contributed by atoms with Crippen LogP contribution >= 0.6 is 24.0 Å². The summed E-state index contributed by atoms with van der Waals surface area (Å²) >= 11 is 0. The van der Waals surface area contributed by atoms with Crippen LogP contribution in [-0.4, -0.2) is 64.3 Å². The lowest BCUT2D eigenvalue weighted by Crippen LogP contribution is -2.38. The molecule has 0 bridgehead atoms. The Kier molecular flexibility index (Phi) is 13.4. The Hall–Kier alpha value is -2.33. The predicted octanol–water partition coefficient (Wildman–Crippen LogP) is 3.33. The molecular weight excluding hydrogens is 519 g/mol. The molecule has 0 spiro atoms. The molecule has 2 N–H and O–H groups in total. The molecule has 32 heavy (non-hydrogen) atoms. The number of carbonyl (C=O) groups excluding carboxylic acids is 1. The fourth-order valence-corrected chi connectivity index (χ4v) is 2.93. The molecule has 2 aromatic rings. The maximum Gasteiger partial charge on any atom is 0.253 e. The first-order valence-electron chi connectivity index (χ1n) is 10.6. The molecule has 0 atom stereocenters. The van der Waals surface area contributed by atoms with E-state index >= 15 is 0 Å². The highest BCUT2D eigenvalue weighted by molar-refractivity contribution is 14.0. The van der Waals surface area contributed by atoms with Crippen molar-refractivity contribution in [3.8, 4) is 5.75 Å². The normalized spacial score (nSPS) is 10.8. The molecule has 0 aromatic heterocycles. The van der Waals surface area contributed by atoms with Crippen LogP contribution in [0, 0.1) is 0 Å². The lowest BCUT2D eigenvalue weighted by Gasteiger charge is -2.13. The van der Waals surface area contributed by atoms with Crippen LogP contribution in [0.3, 0.4) is 0 Å². The summed E-state index contributed by atoms with van der Waals surface area (Å²) < 4.78 is 10.7. The largest absolute Gasteiger partial charge is 0.491 e. The fraction of sp³-hybridized carbons (Fsp3) is 0.417. The minimum Gasteiger partial charge on any atom is -0.491 e. The summed E-state index contributed by atoms with van der Waals surface area (Å²) in [6, 6.07) is 15.7. The monoisotopic (exact) mass is 554 g/mol. The summed E-state index contributed by atoms with van der Waals surface area (Å²) in [4.78, 5) is 18.4. The number of halogens is 1. The van der Waals surface area contributed by atoms with E-state index in [9.17, 15) is 4.79 Å². The van der Waals surface area contributed by atoms with Crippen molar-refractivity contribution < 1.29 is 14.3 Å². The van der Waals surface area contributed by atoms with Crippen molar-refractivity contribution >= 4 is 35.8 Å². The van der Waals surface area contributed by atoms with Crippen LogP contribution in [0.5, 0.6) is 5.75 Å². The Morgan fingerprint density at radius 3 is 2.50 bits per heavy atom. The van der Waals surface area contributed by atoms with Gasteiger partial charge in [-0.25, -0.2) is 4.99 Å². The molecule has 0 radical (unpaired) electrons. The summed E-state index contributed by atoms with van der Waals surface area (Å²) in [5.41, 5.74) is 2.88. The number of nitrogens with one attached hydrogen (secondary N) is 2. The lowest BCUT2D eigenvalue weighted by atomic mass is 10.1. The molecule has 0 unspecified atom stereocenters. The smallest absolute Gasteiger partial charge is 0.253 e. The van der Waals surface area contributed by atoms with Crippen molar-refractivity contribution in [2.75, 3.05) is 47.5 Å². The van der Waals surface area contributed by atoms with E-state index in [1.165, 1.54) is 0 Å². The summed E-state index contributed by atoms with van der Waals surface area (Å²) in [5.74, 6) is 1.58. The number of rotatable bonds is 11. The molecular formula is C24H35IN4O3. The Bertz CT molecular complexity index is 859. The average molecular weight is 554 g/mol. The number of amides is 1. The minimum absolute atomic E-state index is 0. The number of methoxy groups -OCH3 is 1. The van der Waals surface area contributed by atoms with Gasteiger partial charge >= 0.3 is 0 Å². The first kappa shape index (κ1) is 27.7. The topological polar surface area (TPSA) is 75.2 Å². The van der Waals surface area contributed by atoms with Crippen LogP contribution < -0.4 is 15.4 Å². The number of ether oxygens (including phenoxy) is 2. The first-order valence-corrected chi connectivity index (χ1v) is 10.6. The van der Waals surface area contributed by atoms with E-state index in [1.807, 2.05) is 55.5 Å². The van der Waals surface area contributed by atoms with Crippen LogP contribution in [0.2, 0.25) is 0 Å². The average Bonchev–Trinajstić information content (AvgIpc) is 2.77. The van der Waals surface area contributed by atoms with E-state index in [2.05, 4.69) is 15.6 Å². The molecule has 0 saturated heterocycles. The van der Waals surface area contributed by atoms with Crippen LogP contribution in [0.4, 0.5) is 0 Å². The lowest BCUT2D eigenvalue weighted by molar-refractivity contribution is 0.0827. The quantitative estimate of drug-likeness (QED) is 0.193. The van der Waals surface area contributed by atoms with E-state index in [0.717, 1.165) is 35.8 Å². The SMILES string of the molecule is CCNC(=NCc1cccc(OCCOC)c1)NCCc1cccc(C(=O)N(C)C)c1.I. The molecule has 0 aliphatic heterocycles. The molecule has 8 heteroatoms. The van der Waals surface area contributed by atoms with Crippen molar-refractivity contribution in [3.63, 3.8) is 0 Å². The first-order chi connectivity index (χ1) is 15.0. The Morgan fingerprint density at radius 2 is 1.78 bits per heavy atom. The number of carbonyl (C=O) groups is 1. The highest BCUT2D eigenvalue weighted by atomic mass is 127. The number of nitrogens with zero attached hydrogens (tertiary/aromatic N) is 2. The molecule has 2 rings (SSSR count). The summed E-state index contributed by atoms with van der Waals surface area (Å²) in [7, 11) is 5.18. The van der Waals surface area contributed by atoms with Gasteiger partial charge in [-0.3, -0.25) is 4.79 Å². The van der Waals surface area contributed by atoms with Gasteiger partial charge in [0, 0.05) is 39.9 Å². The predicted molar refractivity (Wildman–Crippen MR) is 140 cm³/mol. The third-order valence-corrected chi connectivity index (χ3v) is 4.50. The van der Waals surface area contributed by atoms with Gasteiger partial charge < -0.3 is 25.0 Å². The molecule has 0 aliphatic rings. The van der Waals surface area contributed by atoms with Gasteiger partial charge in [-0.1, -0.05) is 24.3 Å². The molecule has 1 amide bonds. The number of guanidine groups is 1. The number of hydrogen-bond donors (Lipinski definition) is 2. The highest BCUT2D eigenvalue weighted by Gasteiger charge is 2.08. The van der Waals surface area contributed by atoms with E-state index in [4.69, 9.17) is 9.47 Å². The van der Waals surface area contributed by atoms with Crippen LogP contribution in [0.25, 0.3) is 0 Å². The zero-order valence-electron chi connectivity index (χ0n) is 19.4. The van der Waals surface area contributed by atoms with Crippen molar-refractivity contribution in [2.24, 2.45) is 4.99 Å². The van der Waals surface area contributed by atoms with E-state index in [1.54, 1.807) is 26.1 Å². The second-order valence-corrected chi connectivity index (χ2v) is 7.26. The van der Waals surface area contributed by atoms with Crippen molar-refractivity contribution in [2.45, 2.75) is 19.9 Å². The second-order valence-electron chi connectivity index (χ2n) is 7.26. The van der Waals surface area contributed by atoms with Gasteiger partial charge in [0.2, 0.25) is 0 Å². The molecule has 2 aromatic carbocycles. The Labute approximate surface area is 208 Å². The molecule has 0 aliphatic carbocycles. The number of benzene rings is 2. The third kappa shape index (κ3) is 9.86. The number of hydrogen-bond acceptors (Lipinski definition) is 4. The van der Waals surface area contributed by atoms with Crippen LogP contribution in [0.15, 0.2) is 53.5 Å². The van der Waals surface area contributed by atoms with Gasteiger partial charge in [0.05, 0.1) is 13.2 Å². The van der Waals surface area contributed by atoms with Crippen molar-refractivity contribution in [3.05, 3.63) is 65.2 Å². The van der Waals surface area contributed by atoms with Gasteiger partial charge in [0.15, 0.2) is 5.96 Å². The Morgan fingerprint density at radius 1 is 1.03 bits per heavy atom. The second kappa shape index (κ2) is 15.5. The van der Waals surface area contributed by atoms with Crippen molar-refractivity contribution in [1.29, 1.82) is 0 Å². The summed E-state index contributed by atoms with van der Waals surface area (Å²) in [5, 5.41) is 6.63.